The Kier molecular flexibility index (Phi) is 6.16. The molecule has 2 aromatic heterocycles. The highest BCUT2D eigenvalue weighted by atomic mass is 32.2. The van der Waals surface area contributed by atoms with Crippen LogP contribution in [0.25, 0.3) is 17.0 Å². The number of aromatic nitrogens is 4. The van der Waals surface area contributed by atoms with Crippen molar-refractivity contribution in [3.8, 4) is 11.3 Å². The van der Waals surface area contributed by atoms with Gasteiger partial charge in [0.2, 0.25) is 11.7 Å². The van der Waals surface area contributed by atoms with E-state index < -0.39 is 0 Å². The third-order valence-electron chi connectivity index (χ3n) is 6.67. The first-order chi connectivity index (χ1) is 15.4. The molecule has 32 heavy (non-hydrogen) atoms. The second-order valence-corrected chi connectivity index (χ2v) is 9.42. The van der Waals surface area contributed by atoms with Gasteiger partial charge in [0.25, 0.3) is 5.56 Å². The van der Waals surface area contributed by atoms with Crippen LogP contribution >= 0.6 is 11.8 Å². The molecule has 0 aliphatic heterocycles. The lowest BCUT2D eigenvalue weighted by atomic mass is 9.69. The van der Waals surface area contributed by atoms with Gasteiger partial charge in [-0.15, -0.1) is 5.10 Å². The second-order valence-electron chi connectivity index (χ2n) is 8.48. The number of carbonyl (C=O) groups is 1. The van der Waals surface area contributed by atoms with Crippen LogP contribution in [0.5, 0.6) is 0 Å². The van der Waals surface area contributed by atoms with E-state index in [0.717, 1.165) is 29.7 Å². The number of amides is 1. The molecule has 1 aliphatic carbocycles. The Hall–Kier alpha value is -2.61. The van der Waals surface area contributed by atoms with E-state index in [1.165, 1.54) is 17.3 Å². The van der Waals surface area contributed by atoms with E-state index in [-0.39, 0.29) is 22.6 Å². The smallest absolute Gasteiger partial charge is 0.265 e. The minimum Gasteiger partial charge on any atom is -0.343 e. The number of hydrogen-bond acceptors (Lipinski definition) is 5. The molecule has 0 unspecified atom stereocenters. The number of carbonyl (C=O) groups excluding carboxylic acids is 1. The van der Waals surface area contributed by atoms with Crippen molar-refractivity contribution in [1.82, 2.24) is 24.1 Å². The summed E-state index contributed by atoms with van der Waals surface area (Å²) in [5, 5.41) is 5.19. The van der Waals surface area contributed by atoms with Crippen molar-refractivity contribution in [2.45, 2.75) is 64.6 Å². The van der Waals surface area contributed by atoms with Crippen LogP contribution in [0, 0.1) is 0 Å². The molecule has 1 aromatic carbocycles. The summed E-state index contributed by atoms with van der Waals surface area (Å²) in [5.74, 6) is 0.823. The molecule has 2 heterocycles. The first-order valence-electron chi connectivity index (χ1n) is 11.4. The zero-order valence-corrected chi connectivity index (χ0v) is 20.3. The highest BCUT2D eigenvalue weighted by Gasteiger charge is 2.38. The molecule has 8 heteroatoms. The summed E-state index contributed by atoms with van der Waals surface area (Å²) in [6.07, 6.45) is 1.64. The van der Waals surface area contributed by atoms with Crippen LogP contribution in [0.4, 0.5) is 0 Å². The molecule has 4 rings (SSSR count). The number of fused-ring (bicyclic) bond motifs is 4. The fourth-order valence-corrected chi connectivity index (χ4v) is 5.49. The molecule has 1 amide bonds. The molecule has 7 nitrogen and oxygen atoms in total. The Bertz CT molecular complexity index is 1230. The summed E-state index contributed by atoms with van der Waals surface area (Å²) in [4.78, 5) is 33.3. The van der Waals surface area contributed by atoms with Gasteiger partial charge in [-0.3, -0.25) is 9.59 Å². The van der Waals surface area contributed by atoms with Gasteiger partial charge in [0.05, 0.1) is 17.0 Å². The molecule has 3 aromatic rings. The predicted molar refractivity (Wildman–Crippen MR) is 128 cm³/mol. The van der Waals surface area contributed by atoms with E-state index in [2.05, 4.69) is 31.1 Å². The van der Waals surface area contributed by atoms with E-state index in [1.54, 1.807) is 14.0 Å². The fourth-order valence-electron chi connectivity index (χ4n) is 4.60. The lowest BCUT2D eigenvalue weighted by Crippen LogP contribution is -2.38. The van der Waals surface area contributed by atoms with E-state index in [4.69, 9.17) is 4.98 Å². The van der Waals surface area contributed by atoms with Gasteiger partial charge in [-0.05, 0) is 39.2 Å². The van der Waals surface area contributed by atoms with Crippen molar-refractivity contribution in [1.29, 1.82) is 0 Å². The zero-order chi connectivity index (χ0) is 23.0. The first-order valence-corrected chi connectivity index (χ1v) is 12.4. The monoisotopic (exact) mass is 453 g/mol. The van der Waals surface area contributed by atoms with Crippen molar-refractivity contribution in [3.05, 3.63) is 45.7 Å². The SMILES string of the molecule is CCN(CC)C(=O)CSc1nn(CC)c2nc3c(c(=O)n12)[C@](C)(CC)Cc1ccccc1-3. The number of aryl methyl sites for hydroxylation is 1. The molecule has 0 spiro atoms. The number of thioether (sulfide) groups is 1. The number of benzene rings is 1. The van der Waals surface area contributed by atoms with Gasteiger partial charge in [-0.2, -0.15) is 0 Å². The Labute approximate surface area is 192 Å². The Morgan fingerprint density at radius 3 is 2.56 bits per heavy atom. The van der Waals surface area contributed by atoms with Crippen LogP contribution in [0.1, 0.15) is 52.2 Å². The first kappa shape index (κ1) is 22.6. The summed E-state index contributed by atoms with van der Waals surface area (Å²) < 4.78 is 3.37. The van der Waals surface area contributed by atoms with Crippen molar-refractivity contribution >= 4 is 23.4 Å². The molecule has 0 saturated heterocycles. The van der Waals surface area contributed by atoms with Crippen LogP contribution in [-0.4, -0.2) is 48.8 Å². The normalized spacial score (nSPS) is 17.3. The summed E-state index contributed by atoms with van der Waals surface area (Å²) >= 11 is 1.31. The minimum atomic E-state index is -0.303. The van der Waals surface area contributed by atoms with Gasteiger partial charge in [0.15, 0.2) is 5.16 Å². The lowest BCUT2D eigenvalue weighted by molar-refractivity contribution is -0.127. The van der Waals surface area contributed by atoms with Gasteiger partial charge >= 0.3 is 0 Å². The molecule has 0 bridgehead atoms. The molecule has 170 valence electrons. The molecule has 1 aliphatic rings. The molecule has 0 radical (unpaired) electrons. The minimum absolute atomic E-state index is 0.0468. The van der Waals surface area contributed by atoms with Crippen LogP contribution in [0.3, 0.4) is 0 Å². The van der Waals surface area contributed by atoms with Crippen LogP contribution < -0.4 is 5.56 Å². The van der Waals surface area contributed by atoms with Gasteiger partial charge in [-0.1, -0.05) is 49.9 Å². The average molecular weight is 454 g/mol. The highest BCUT2D eigenvalue weighted by molar-refractivity contribution is 7.99. The maximum Gasteiger partial charge on any atom is 0.265 e. The Balaban J connectivity index is 1.90. The summed E-state index contributed by atoms with van der Waals surface area (Å²) in [7, 11) is 0. The van der Waals surface area contributed by atoms with Crippen molar-refractivity contribution in [2.24, 2.45) is 0 Å². The third-order valence-corrected chi connectivity index (χ3v) is 7.59. The largest absolute Gasteiger partial charge is 0.343 e. The summed E-state index contributed by atoms with van der Waals surface area (Å²) in [5.41, 5.74) is 3.41. The third kappa shape index (κ3) is 3.54. The lowest BCUT2D eigenvalue weighted by Gasteiger charge is -2.35. The quantitative estimate of drug-likeness (QED) is 0.509. The maximum atomic E-state index is 14.0. The maximum absolute atomic E-state index is 14.0. The summed E-state index contributed by atoms with van der Waals surface area (Å²) in [6, 6.07) is 8.23. The van der Waals surface area contributed by atoms with Crippen LogP contribution in [0.2, 0.25) is 0 Å². The van der Waals surface area contributed by atoms with Crippen molar-refractivity contribution < 1.29 is 4.79 Å². The molecule has 0 saturated carbocycles. The highest BCUT2D eigenvalue weighted by Crippen LogP contribution is 2.42. The Morgan fingerprint density at radius 1 is 1.19 bits per heavy atom. The topological polar surface area (TPSA) is 72.5 Å². The number of rotatable bonds is 7. The summed E-state index contributed by atoms with van der Waals surface area (Å²) in [6.45, 7) is 12.1. The molecule has 0 N–H and O–H groups in total. The van der Waals surface area contributed by atoms with E-state index >= 15 is 0 Å². The van der Waals surface area contributed by atoms with Crippen LogP contribution in [0.15, 0.2) is 34.2 Å². The van der Waals surface area contributed by atoms with Crippen LogP contribution in [-0.2, 0) is 23.2 Å². The molecular formula is C24H31N5O2S. The standard InChI is InChI=1S/C24H31N5O2S/c1-6-24(5)14-16-12-10-11-13-17(16)20-19(24)21(31)29-22(25-20)28(9-4)26-23(29)32-15-18(30)27(7-2)8-3/h10-13H,6-9,14-15H2,1-5H3/t24-/m1/s1. The molecule has 0 fully saturated rings. The van der Waals surface area contributed by atoms with Gasteiger partial charge in [0.1, 0.15) is 0 Å². The predicted octanol–water partition coefficient (Wildman–Crippen LogP) is 3.76. The number of nitrogens with zero attached hydrogens (tertiary/aromatic N) is 5. The second kappa shape index (κ2) is 8.73. The van der Waals surface area contributed by atoms with Crippen molar-refractivity contribution in [3.63, 3.8) is 0 Å². The van der Waals surface area contributed by atoms with E-state index in [9.17, 15) is 9.59 Å². The molecule has 1 atom stereocenters. The Morgan fingerprint density at radius 2 is 1.91 bits per heavy atom. The van der Waals surface area contributed by atoms with E-state index in [0.29, 0.717) is 30.6 Å². The zero-order valence-electron chi connectivity index (χ0n) is 19.5. The molecular weight excluding hydrogens is 422 g/mol. The van der Waals surface area contributed by atoms with E-state index in [1.807, 2.05) is 32.9 Å². The van der Waals surface area contributed by atoms with Crippen molar-refractivity contribution in [2.75, 3.05) is 18.8 Å². The average Bonchev–Trinajstić information content (AvgIpc) is 3.16. The number of hydrogen-bond donors (Lipinski definition) is 0. The van der Waals surface area contributed by atoms with Gasteiger partial charge < -0.3 is 4.90 Å². The van der Waals surface area contributed by atoms with Gasteiger partial charge in [-0.25, -0.2) is 14.1 Å². The fraction of sp³-hybridized carbons (Fsp3) is 0.500. The van der Waals surface area contributed by atoms with Gasteiger partial charge in [0, 0.05) is 30.6 Å².